The summed E-state index contributed by atoms with van der Waals surface area (Å²) >= 11 is 7.41. The van der Waals surface area contributed by atoms with Crippen molar-refractivity contribution in [3.05, 3.63) is 21.3 Å². The molecule has 1 atom stereocenters. The summed E-state index contributed by atoms with van der Waals surface area (Å²) in [5, 5.41) is 0. The van der Waals surface area contributed by atoms with Gasteiger partial charge in [-0.3, -0.25) is 4.79 Å². The van der Waals surface area contributed by atoms with E-state index in [1.54, 1.807) is 7.11 Å². The standard InChI is InChI=1S/C15H22ClNO2S/c1-19-9-7-12-4-2-3-8-17(11-12)15(18)10-13-5-6-14(16)20-13/h5-6,12H,2-4,7-11H2,1H3. The average Bonchev–Trinajstić information content (AvgIpc) is 2.71. The van der Waals surface area contributed by atoms with Crippen LogP contribution in [0, 0.1) is 5.92 Å². The van der Waals surface area contributed by atoms with E-state index in [0.717, 1.165) is 41.8 Å². The molecule has 1 amide bonds. The number of carbonyl (C=O) groups is 1. The molecule has 0 saturated carbocycles. The zero-order valence-corrected chi connectivity index (χ0v) is 13.5. The number of nitrogens with zero attached hydrogens (tertiary/aromatic N) is 1. The van der Waals surface area contributed by atoms with Gasteiger partial charge in [0.05, 0.1) is 10.8 Å². The maximum atomic E-state index is 12.4. The van der Waals surface area contributed by atoms with Gasteiger partial charge < -0.3 is 9.64 Å². The molecule has 0 bridgehead atoms. The third-order valence-corrected chi connectivity index (χ3v) is 5.04. The van der Waals surface area contributed by atoms with Crippen LogP contribution in [0.4, 0.5) is 0 Å². The van der Waals surface area contributed by atoms with Crippen molar-refractivity contribution in [1.82, 2.24) is 4.90 Å². The van der Waals surface area contributed by atoms with Crippen molar-refractivity contribution in [2.75, 3.05) is 26.8 Å². The van der Waals surface area contributed by atoms with Crippen molar-refractivity contribution in [2.45, 2.75) is 32.1 Å². The first-order chi connectivity index (χ1) is 9.69. The Labute approximate surface area is 129 Å². The van der Waals surface area contributed by atoms with Crippen molar-refractivity contribution in [2.24, 2.45) is 5.92 Å². The highest BCUT2D eigenvalue weighted by molar-refractivity contribution is 7.16. The molecule has 1 unspecified atom stereocenters. The summed E-state index contributed by atoms with van der Waals surface area (Å²) in [6, 6.07) is 3.81. The molecule has 0 aromatic carbocycles. The Hall–Kier alpha value is -0.580. The smallest absolute Gasteiger partial charge is 0.227 e. The first-order valence-electron chi connectivity index (χ1n) is 7.20. The molecule has 1 fully saturated rings. The summed E-state index contributed by atoms with van der Waals surface area (Å²) in [4.78, 5) is 15.5. The molecule has 2 heterocycles. The van der Waals surface area contributed by atoms with E-state index >= 15 is 0 Å². The molecule has 1 aliphatic heterocycles. The van der Waals surface area contributed by atoms with Crippen LogP contribution < -0.4 is 0 Å². The molecular weight excluding hydrogens is 294 g/mol. The fourth-order valence-electron chi connectivity index (χ4n) is 2.68. The van der Waals surface area contributed by atoms with E-state index in [1.165, 1.54) is 24.2 Å². The molecule has 3 nitrogen and oxygen atoms in total. The monoisotopic (exact) mass is 315 g/mol. The van der Waals surface area contributed by atoms with Crippen LogP contribution in [0.15, 0.2) is 12.1 Å². The molecule has 0 spiro atoms. The van der Waals surface area contributed by atoms with Gasteiger partial charge >= 0.3 is 0 Å². The molecule has 20 heavy (non-hydrogen) atoms. The lowest BCUT2D eigenvalue weighted by molar-refractivity contribution is -0.130. The van der Waals surface area contributed by atoms with Crippen molar-refractivity contribution < 1.29 is 9.53 Å². The van der Waals surface area contributed by atoms with Gasteiger partial charge in [-0.1, -0.05) is 18.0 Å². The van der Waals surface area contributed by atoms with Crippen LogP contribution in [0.5, 0.6) is 0 Å². The van der Waals surface area contributed by atoms with Crippen LogP contribution in [-0.2, 0) is 16.0 Å². The van der Waals surface area contributed by atoms with Gasteiger partial charge in [0.15, 0.2) is 0 Å². The number of likely N-dealkylation sites (tertiary alicyclic amines) is 1. The molecule has 1 aromatic heterocycles. The van der Waals surface area contributed by atoms with Crippen molar-refractivity contribution in [1.29, 1.82) is 0 Å². The highest BCUT2D eigenvalue weighted by Gasteiger charge is 2.22. The molecule has 1 saturated heterocycles. The number of rotatable bonds is 5. The number of methoxy groups -OCH3 is 1. The van der Waals surface area contributed by atoms with E-state index in [2.05, 4.69) is 0 Å². The topological polar surface area (TPSA) is 29.5 Å². The molecular formula is C15H22ClNO2S. The van der Waals surface area contributed by atoms with E-state index < -0.39 is 0 Å². The van der Waals surface area contributed by atoms with Crippen molar-refractivity contribution >= 4 is 28.8 Å². The van der Waals surface area contributed by atoms with E-state index in [0.29, 0.717) is 12.3 Å². The summed E-state index contributed by atoms with van der Waals surface area (Å²) in [6.45, 7) is 2.55. The maximum absolute atomic E-state index is 12.4. The second kappa shape index (κ2) is 8.01. The first-order valence-corrected chi connectivity index (χ1v) is 8.39. The number of hydrogen-bond donors (Lipinski definition) is 0. The van der Waals surface area contributed by atoms with Gasteiger partial charge in [0, 0.05) is 31.7 Å². The third-order valence-electron chi connectivity index (χ3n) is 3.81. The molecule has 2 rings (SSSR count). The van der Waals surface area contributed by atoms with Gasteiger partial charge in [-0.05, 0) is 37.3 Å². The van der Waals surface area contributed by atoms with E-state index in [9.17, 15) is 4.79 Å². The quantitative estimate of drug-likeness (QED) is 0.830. The number of carbonyl (C=O) groups excluding carboxylic acids is 1. The summed E-state index contributed by atoms with van der Waals surface area (Å²) in [6.07, 6.45) is 5.06. The van der Waals surface area contributed by atoms with Gasteiger partial charge in [0.25, 0.3) is 0 Å². The average molecular weight is 316 g/mol. The summed E-state index contributed by atoms with van der Waals surface area (Å²) in [7, 11) is 1.74. The minimum atomic E-state index is 0.229. The van der Waals surface area contributed by atoms with Crippen molar-refractivity contribution in [3.8, 4) is 0 Å². The lowest BCUT2D eigenvalue weighted by Crippen LogP contribution is -2.35. The predicted octanol–water partition coefficient (Wildman–Crippen LogP) is 3.61. The number of hydrogen-bond acceptors (Lipinski definition) is 3. The Bertz CT molecular complexity index is 435. The van der Waals surface area contributed by atoms with Crippen molar-refractivity contribution in [3.63, 3.8) is 0 Å². The Kier molecular flexibility index (Phi) is 6.33. The Morgan fingerprint density at radius 3 is 3.05 bits per heavy atom. The van der Waals surface area contributed by atoms with Gasteiger partial charge in [0.1, 0.15) is 0 Å². The van der Waals surface area contributed by atoms with Gasteiger partial charge in [-0.2, -0.15) is 0 Å². The van der Waals surface area contributed by atoms with Crippen LogP contribution in [0.25, 0.3) is 0 Å². The molecule has 1 aromatic rings. The number of thiophene rings is 1. The van der Waals surface area contributed by atoms with Crippen LogP contribution in [0.1, 0.15) is 30.6 Å². The zero-order valence-electron chi connectivity index (χ0n) is 11.9. The normalized spacial score (nSPS) is 19.9. The number of ether oxygens (including phenoxy) is 1. The minimum absolute atomic E-state index is 0.229. The SMILES string of the molecule is COCCC1CCCCN(C(=O)Cc2ccc(Cl)s2)C1. The van der Waals surface area contributed by atoms with Gasteiger partial charge in [-0.25, -0.2) is 0 Å². The molecule has 5 heteroatoms. The second-order valence-electron chi connectivity index (χ2n) is 5.37. The fraction of sp³-hybridized carbons (Fsp3) is 0.667. The minimum Gasteiger partial charge on any atom is -0.385 e. The Balaban J connectivity index is 1.89. The highest BCUT2D eigenvalue weighted by Crippen LogP contribution is 2.24. The van der Waals surface area contributed by atoms with E-state index in [-0.39, 0.29) is 5.91 Å². The summed E-state index contributed by atoms with van der Waals surface area (Å²) in [5.41, 5.74) is 0. The van der Waals surface area contributed by atoms with Crippen LogP contribution in [0.3, 0.4) is 0 Å². The maximum Gasteiger partial charge on any atom is 0.227 e. The first kappa shape index (κ1) is 15.8. The molecule has 0 aliphatic carbocycles. The lowest BCUT2D eigenvalue weighted by Gasteiger charge is -2.24. The van der Waals surface area contributed by atoms with E-state index in [4.69, 9.17) is 16.3 Å². The second-order valence-corrected chi connectivity index (χ2v) is 7.17. The zero-order chi connectivity index (χ0) is 14.4. The Morgan fingerprint density at radius 2 is 2.35 bits per heavy atom. The predicted molar refractivity (Wildman–Crippen MR) is 83.4 cm³/mol. The Morgan fingerprint density at radius 1 is 1.50 bits per heavy atom. The largest absolute Gasteiger partial charge is 0.385 e. The number of amides is 1. The van der Waals surface area contributed by atoms with E-state index in [1.807, 2.05) is 17.0 Å². The fourth-order valence-corrected chi connectivity index (χ4v) is 3.76. The summed E-state index contributed by atoms with van der Waals surface area (Å²) < 4.78 is 5.91. The molecule has 1 aliphatic rings. The van der Waals surface area contributed by atoms with Gasteiger partial charge in [-0.15, -0.1) is 11.3 Å². The summed E-state index contributed by atoms with van der Waals surface area (Å²) in [5.74, 6) is 0.807. The number of halogens is 1. The molecule has 0 N–H and O–H groups in total. The van der Waals surface area contributed by atoms with Crippen LogP contribution in [0.2, 0.25) is 4.34 Å². The van der Waals surface area contributed by atoms with Crippen LogP contribution >= 0.6 is 22.9 Å². The van der Waals surface area contributed by atoms with Gasteiger partial charge in [0.2, 0.25) is 5.91 Å². The molecule has 0 radical (unpaired) electrons. The third kappa shape index (κ3) is 4.76. The lowest BCUT2D eigenvalue weighted by atomic mass is 10.00. The molecule has 112 valence electrons. The highest BCUT2D eigenvalue weighted by atomic mass is 35.5. The van der Waals surface area contributed by atoms with Crippen LogP contribution in [-0.4, -0.2) is 37.6 Å².